The number of fused-ring (bicyclic) bond motifs is 5. The highest BCUT2D eigenvalue weighted by Crippen LogP contribution is 2.39. The van der Waals surface area contributed by atoms with E-state index < -0.39 is 0 Å². The van der Waals surface area contributed by atoms with Crippen LogP contribution in [0.2, 0.25) is 0 Å². The van der Waals surface area contributed by atoms with E-state index in [0.717, 1.165) is 94.3 Å². The minimum Gasteiger partial charge on any atom is -0.247 e. The van der Waals surface area contributed by atoms with Crippen molar-refractivity contribution in [1.82, 2.24) is 19.9 Å². The number of hydrogen-bond acceptors (Lipinski definition) is 4. The van der Waals surface area contributed by atoms with Crippen molar-refractivity contribution in [2.45, 2.75) is 0 Å². The summed E-state index contributed by atoms with van der Waals surface area (Å²) < 4.78 is 0. The fraction of sp³-hybridized carbons (Fsp3) is 0. The minimum atomic E-state index is 0.700. The molecule has 0 saturated heterocycles. The lowest BCUT2D eigenvalue weighted by Gasteiger charge is -2.14. The van der Waals surface area contributed by atoms with Crippen LogP contribution >= 0.6 is 0 Å². The Bertz CT molecular complexity index is 2910. The second kappa shape index (κ2) is 13.4. The Morgan fingerprint density at radius 2 is 0.852 bits per heavy atom. The molecule has 0 bridgehead atoms. The molecular weight excluding hydrogens is 657 g/mol. The van der Waals surface area contributed by atoms with E-state index in [9.17, 15) is 0 Å². The maximum atomic E-state index is 5.35. The summed E-state index contributed by atoms with van der Waals surface area (Å²) >= 11 is 0. The molecular formula is C50H32N4. The molecule has 3 heterocycles. The third-order valence-corrected chi connectivity index (χ3v) is 10.1. The van der Waals surface area contributed by atoms with Crippen LogP contribution in [0.1, 0.15) is 0 Å². The Morgan fingerprint density at radius 3 is 1.56 bits per heavy atom. The molecule has 252 valence electrons. The Balaban J connectivity index is 1.15. The van der Waals surface area contributed by atoms with Gasteiger partial charge >= 0.3 is 0 Å². The molecule has 0 N–H and O–H groups in total. The molecule has 4 heteroatoms. The van der Waals surface area contributed by atoms with Crippen LogP contribution in [0.5, 0.6) is 0 Å². The monoisotopic (exact) mass is 688 g/mol. The molecule has 0 atom stereocenters. The average molecular weight is 689 g/mol. The Hall–Kier alpha value is -7.30. The maximum Gasteiger partial charge on any atom is 0.160 e. The second-order valence-electron chi connectivity index (χ2n) is 13.5. The van der Waals surface area contributed by atoms with Gasteiger partial charge in [-0.2, -0.15) is 0 Å². The number of hydrogen-bond donors (Lipinski definition) is 0. The summed E-state index contributed by atoms with van der Waals surface area (Å²) in [5.41, 5.74) is 12.9. The first kappa shape index (κ1) is 31.4. The average Bonchev–Trinajstić information content (AvgIpc) is 3.26. The zero-order valence-electron chi connectivity index (χ0n) is 29.3. The fourth-order valence-electron chi connectivity index (χ4n) is 7.36. The molecule has 10 aromatic rings. The van der Waals surface area contributed by atoms with Crippen molar-refractivity contribution in [3.8, 4) is 67.5 Å². The van der Waals surface area contributed by atoms with Gasteiger partial charge in [0.25, 0.3) is 0 Å². The van der Waals surface area contributed by atoms with Crippen LogP contribution in [0.25, 0.3) is 100 Å². The minimum absolute atomic E-state index is 0.700. The third-order valence-electron chi connectivity index (χ3n) is 10.1. The molecule has 3 aromatic heterocycles. The van der Waals surface area contributed by atoms with Crippen LogP contribution < -0.4 is 0 Å². The van der Waals surface area contributed by atoms with E-state index >= 15 is 0 Å². The molecule has 0 saturated carbocycles. The van der Waals surface area contributed by atoms with Crippen molar-refractivity contribution in [2.75, 3.05) is 0 Å². The molecule has 7 aromatic carbocycles. The highest BCUT2D eigenvalue weighted by atomic mass is 14.9. The van der Waals surface area contributed by atoms with Gasteiger partial charge < -0.3 is 0 Å². The molecule has 0 aliphatic heterocycles. The highest BCUT2D eigenvalue weighted by molar-refractivity contribution is 6.20. The lowest BCUT2D eigenvalue weighted by atomic mass is 9.94. The van der Waals surface area contributed by atoms with Crippen molar-refractivity contribution in [3.63, 3.8) is 0 Å². The van der Waals surface area contributed by atoms with Gasteiger partial charge in [0.2, 0.25) is 0 Å². The standard InChI is InChI=1S/C50H32N4/c1-5-14-33(15-6-1)43-28-25-36-24-27-41-42-31-39(26-29-44(42)52-48(47(41)49(36)51-43)35-18-9-3-10-19-35)38-22-13-23-40(30-38)46-32-45(34-16-7-2-8-17-34)53-50(54-46)37-20-11-4-12-21-37/h1-32H. The lowest BCUT2D eigenvalue weighted by molar-refractivity contribution is 1.18. The molecule has 54 heavy (non-hydrogen) atoms. The molecule has 0 amide bonds. The van der Waals surface area contributed by atoms with E-state index in [1.807, 2.05) is 48.5 Å². The zero-order valence-corrected chi connectivity index (χ0v) is 29.3. The molecule has 0 unspecified atom stereocenters. The van der Waals surface area contributed by atoms with Crippen LogP contribution in [0.3, 0.4) is 0 Å². The van der Waals surface area contributed by atoms with Gasteiger partial charge in [0, 0.05) is 44.0 Å². The van der Waals surface area contributed by atoms with Crippen LogP contribution in [0.4, 0.5) is 0 Å². The summed E-state index contributed by atoms with van der Waals surface area (Å²) in [5, 5.41) is 4.34. The summed E-state index contributed by atoms with van der Waals surface area (Å²) in [6.07, 6.45) is 0. The van der Waals surface area contributed by atoms with Crippen molar-refractivity contribution in [2.24, 2.45) is 0 Å². The van der Waals surface area contributed by atoms with Crippen LogP contribution in [-0.4, -0.2) is 19.9 Å². The lowest BCUT2D eigenvalue weighted by Crippen LogP contribution is -1.96. The number of aromatic nitrogens is 4. The molecule has 10 rings (SSSR count). The fourth-order valence-corrected chi connectivity index (χ4v) is 7.36. The number of benzene rings is 7. The second-order valence-corrected chi connectivity index (χ2v) is 13.5. The Labute approximate surface area is 313 Å². The predicted molar refractivity (Wildman–Crippen MR) is 223 cm³/mol. The summed E-state index contributed by atoms with van der Waals surface area (Å²) in [5.74, 6) is 0.700. The summed E-state index contributed by atoms with van der Waals surface area (Å²) in [6.45, 7) is 0. The quantitative estimate of drug-likeness (QED) is 0.163. The van der Waals surface area contributed by atoms with E-state index in [4.69, 9.17) is 19.9 Å². The van der Waals surface area contributed by atoms with E-state index in [1.54, 1.807) is 0 Å². The molecule has 4 nitrogen and oxygen atoms in total. The van der Waals surface area contributed by atoms with Gasteiger partial charge in [-0.25, -0.2) is 19.9 Å². The molecule has 0 aliphatic carbocycles. The third kappa shape index (κ3) is 5.76. The van der Waals surface area contributed by atoms with Crippen molar-refractivity contribution in [1.29, 1.82) is 0 Å². The maximum absolute atomic E-state index is 5.35. The van der Waals surface area contributed by atoms with Gasteiger partial charge in [0.05, 0.1) is 33.8 Å². The van der Waals surface area contributed by atoms with E-state index in [1.165, 1.54) is 0 Å². The van der Waals surface area contributed by atoms with Crippen LogP contribution in [0.15, 0.2) is 194 Å². The van der Waals surface area contributed by atoms with Gasteiger partial charge in [-0.05, 0) is 46.8 Å². The predicted octanol–water partition coefficient (Wildman–Crippen LogP) is 12.7. The van der Waals surface area contributed by atoms with Gasteiger partial charge in [-0.3, -0.25) is 0 Å². The smallest absolute Gasteiger partial charge is 0.160 e. The largest absolute Gasteiger partial charge is 0.247 e. The van der Waals surface area contributed by atoms with E-state index in [0.29, 0.717) is 5.82 Å². The summed E-state index contributed by atoms with van der Waals surface area (Å²) in [6, 6.07) is 67.3. The first-order valence-electron chi connectivity index (χ1n) is 18.1. The topological polar surface area (TPSA) is 51.6 Å². The first-order valence-corrected chi connectivity index (χ1v) is 18.1. The molecule has 0 spiro atoms. The van der Waals surface area contributed by atoms with Crippen LogP contribution in [-0.2, 0) is 0 Å². The first-order chi connectivity index (χ1) is 26.7. The number of pyridine rings is 2. The van der Waals surface area contributed by atoms with Crippen LogP contribution in [0, 0.1) is 0 Å². The van der Waals surface area contributed by atoms with Gasteiger partial charge in [0.15, 0.2) is 5.82 Å². The Morgan fingerprint density at radius 1 is 0.296 bits per heavy atom. The number of nitrogens with zero attached hydrogens (tertiary/aromatic N) is 4. The van der Waals surface area contributed by atoms with Gasteiger partial charge in [-0.15, -0.1) is 0 Å². The molecule has 0 aliphatic rings. The zero-order chi connectivity index (χ0) is 35.8. The van der Waals surface area contributed by atoms with Crippen molar-refractivity contribution < 1.29 is 0 Å². The molecule has 0 radical (unpaired) electrons. The normalized spacial score (nSPS) is 11.3. The summed E-state index contributed by atoms with van der Waals surface area (Å²) in [4.78, 5) is 20.7. The van der Waals surface area contributed by atoms with Gasteiger partial charge in [0.1, 0.15) is 0 Å². The SMILES string of the molecule is c1ccc(-c2cc(-c3cccc(-c4ccc5nc(-c6ccccc6)c6c(ccc7ccc(-c8ccccc8)nc76)c5c4)c3)nc(-c3ccccc3)n2)cc1. The Kier molecular flexibility index (Phi) is 7.77. The van der Waals surface area contributed by atoms with E-state index in [-0.39, 0.29) is 0 Å². The number of rotatable bonds is 6. The van der Waals surface area contributed by atoms with E-state index in [2.05, 4.69) is 146 Å². The van der Waals surface area contributed by atoms with Gasteiger partial charge in [-0.1, -0.05) is 164 Å². The summed E-state index contributed by atoms with van der Waals surface area (Å²) in [7, 11) is 0. The van der Waals surface area contributed by atoms with Crippen molar-refractivity contribution >= 4 is 32.6 Å². The highest BCUT2D eigenvalue weighted by Gasteiger charge is 2.17. The molecule has 0 fully saturated rings. The van der Waals surface area contributed by atoms with Crippen molar-refractivity contribution in [3.05, 3.63) is 194 Å².